The van der Waals surface area contributed by atoms with Gasteiger partial charge in [-0.2, -0.15) is 0 Å². The molecular weight excluding hydrogens is 279 g/mol. The van der Waals surface area contributed by atoms with E-state index in [-0.39, 0.29) is 5.02 Å². The maximum absolute atomic E-state index is 13.4. The van der Waals surface area contributed by atoms with Gasteiger partial charge in [0.15, 0.2) is 0 Å². The van der Waals surface area contributed by atoms with E-state index in [9.17, 15) is 4.39 Å². The summed E-state index contributed by atoms with van der Waals surface area (Å²) in [5, 5.41) is 3.30. The van der Waals surface area contributed by atoms with E-state index >= 15 is 0 Å². The van der Waals surface area contributed by atoms with Crippen molar-refractivity contribution in [3.8, 4) is 11.5 Å². The number of aryl methyl sites for hydroxylation is 1. The van der Waals surface area contributed by atoms with Gasteiger partial charge < -0.3 is 10.1 Å². The number of benzene rings is 1. The van der Waals surface area contributed by atoms with Crippen LogP contribution in [-0.4, -0.2) is 11.5 Å². The Bertz CT molecular complexity index is 604. The Kier molecular flexibility index (Phi) is 4.93. The molecule has 0 aliphatic rings. The van der Waals surface area contributed by atoms with Gasteiger partial charge in [0.2, 0.25) is 0 Å². The molecule has 5 heteroatoms. The molecule has 0 aliphatic heterocycles. The third-order valence-corrected chi connectivity index (χ3v) is 3.07. The van der Waals surface area contributed by atoms with Crippen LogP contribution in [0.25, 0.3) is 0 Å². The Morgan fingerprint density at radius 3 is 2.85 bits per heavy atom. The van der Waals surface area contributed by atoms with Gasteiger partial charge in [0.1, 0.15) is 17.3 Å². The van der Waals surface area contributed by atoms with Gasteiger partial charge in [-0.25, -0.2) is 4.39 Å². The molecule has 2 aromatic rings. The molecule has 106 valence electrons. The third-order valence-electron chi connectivity index (χ3n) is 2.76. The smallest absolute Gasteiger partial charge is 0.145 e. The molecule has 0 bridgehead atoms. The van der Waals surface area contributed by atoms with Crippen molar-refractivity contribution in [3.05, 3.63) is 52.6 Å². The van der Waals surface area contributed by atoms with E-state index in [4.69, 9.17) is 16.3 Å². The van der Waals surface area contributed by atoms with E-state index in [0.717, 1.165) is 17.8 Å². The molecule has 0 radical (unpaired) electrons. The summed E-state index contributed by atoms with van der Waals surface area (Å²) in [5.41, 5.74) is 1.77. The second kappa shape index (κ2) is 6.68. The first-order valence-electron chi connectivity index (χ1n) is 6.39. The maximum atomic E-state index is 13.4. The number of nitrogens with zero attached hydrogens (tertiary/aromatic N) is 1. The summed E-state index contributed by atoms with van der Waals surface area (Å²) in [6.07, 6.45) is 1.76. The highest BCUT2D eigenvalue weighted by molar-refractivity contribution is 6.30. The summed E-state index contributed by atoms with van der Waals surface area (Å²) in [6, 6.07) is 6.22. The molecule has 0 amide bonds. The van der Waals surface area contributed by atoms with E-state index in [2.05, 4.69) is 10.3 Å². The topological polar surface area (TPSA) is 34.2 Å². The van der Waals surface area contributed by atoms with Gasteiger partial charge >= 0.3 is 0 Å². The average Bonchev–Trinajstić information content (AvgIpc) is 2.42. The van der Waals surface area contributed by atoms with Crippen LogP contribution in [0.2, 0.25) is 5.02 Å². The highest BCUT2D eigenvalue weighted by Gasteiger charge is 2.08. The van der Waals surface area contributed by atoms with E-state index in [1.54, 1.807) is 12.3 Å². The van der Waals surface area contributed by atoms with Gasteiger partial charge in [-0.1, -0.05) is 18.5 Å². The fourth-order valence-corrected chi connectivity index (χ4v) is 1.84. The molecule has 1 heterocycles. The van der Waals surface area contributed by atoms with Crippen molar-refractivity contribution < 1.29 is 9.13 Å². The molecule has 0 saturated heterocycles. The van der Waals surface area contributed by atoms with Crippen LogP contribution >= 0.6 is 11.6 Å². The van der Waals surface area contributed by atoms with Gasteiger partial charge in [-0.05, 0) is 25.6 Å². The van der Waals surface area contributed by atoms with Gasteiger partial charge in [0, 0.05) is 36.1 Å². The molecule has 1 N–H and O–H groups in total. The van der Waals surface area contributed by atoms with E-state index in [1.807, 2.05) is 19.9 Å². The zero-order valence-electron chi connectivity index (χ0n) is 11.4. The third kappa shape index (κ3) is 3.68. The molecule has 0 fully saturated rings. The lowest BCUT2D eigenvalue weighted by molar-refractivity contribution is 0.466. The summed E-state index contributed by atoms with van der Waals surface area (Å²) in [5.74, 6) is 0.582. The van der Waals surface area contributed by atoms with Crippen molar-refractivity contribution in [3.63, 3.8) is 0 Å². The molecular formula is C15H16ClFN2O. The van der Waals surface area contributed by atoms with Crippen LogP contribution in [0, 0.1) is 12.7 Å². The molecule has 2 rings (SSSR count). The molecule has 3 nitrogen and oxygen atoms in total. The molecule has 0 atom stereocenters. The summed E-state index contributed by atoms with van der Waals surface area (Å²) < 4.78 is 19.2. The van der Waals surface area contributed by atoms with Crippen LogP contribution in [0.4, 0.5) is 4.39 Å². The lowest BCUT2D eigenvalue weighted by atomic mass is 10.2. The molecule has 1 aromatic heterocycles. The van der Waals surface area contributed by atoms with E-state index in [1.165, 1.54) is 12.1 Å². The van der Waals surface area contributed by atoms with Crippen molar-refractivity contribution in [1.82, 2.24) is 10.3 Å². The predicted octanol–water partition coefficient (Wildman–Crippen LogP) is 4.08. The Hall–Kier alpha value is -1.65. The first-order valence-corrected chi connectivity index (χ1v) is 6.77. The molecule has 0 spiro atoms. The number of aromatic nitrogens is 1. The SMILES string of the molecule is CCNCc1cnc(C)cc1Oc1ccc(Cl)c(F)c1. The zero-order chi connectivity index (χ0) is 14.5. The Morgan fingerprint density at radius 2 is 2.15 bits per heavy atom. The van der Waals surface area contributed by atoms with Gasteiger partial charge in [0.25, 0.3) is 0 Å². The summed E-state index contributed by atoms with van der Waals surface area (Å²) >= 11 is 5.66. The molecule has 1 aromatic carbocycles. The molecule has 0 saturated carbocycles. The first-order chi connectivity index (χ1) is 9.60. The number of hydrogen-bond acceptors (Lipinski definition) is 3. The number of pyridine rings is 1. The Balaban J connectivity index is 2.26. The van der Waals surface area contributed by atoms with Crippen LogP contribution < -0.4 is 10.1 Å². The quantitative estimate of drug-likeness (QED) is 0.902. The van der Waals surface area contributed by atoms with Crippen LogP contribution in [0.5, 0.6) is 11.5 Å². The second-order valence-electron chi connectivity index (χ2n) is 4.39. The standard InChI is InChI=1S/C15H16ClFN2O/c1-3-18-8-11-9-19-10(2)6-15(11)20-12-4-5-13(16)14(17)7-12/h4-7,9,18H,3,8H2,1-2H3. The number of hydrogen-bond donors (Lipinski definition) is 1. The van der Waals surface area contributed by atoms with Crippen LogP contribution in [0.15, 0.2) is 30.5 Å². The number of ether oxygens (including phenoxy) is 1. The molecule has 0 aliphatic carbocycles. The monoisotopic (exact) mass is 294 g/mol. The van der Waals surface area contributed by atoms with Crippen LogP contribution in [0.3, 0.4) is 0 Å². The van der Waals surface area contributed by atoms with Gasteiger partial charge in [-0.3, -0.25) is 4.98 Å². The van der Waals surface area contributed by atoms with E-state index < -0.39 is 5.82 Å². The predicted molar refractivity (Wildman–Crippen MR) is 77.8 cm³/mol. The minimum absolute atomic E-state index is 0.0798. The number of halogens is 2. The van der Waals surface area contributed by atoms with Gasteiger partial charge in [-0.15, -0.1) is 0 Å². The number of rotatable bonds is 5. The highest BCUT2D eigenvalue weighted by Crippen LogP contribution is 2.28. The minimum atomic E-state index is -0.497. The van der Waals surface area contributed by atoms with Crippen molar-refractivity contribution in [2.75, 3.05) is 6.54 Å². The average molecular weight is 295 g/mol. The van der Waals surface area contributed by atoms with Crippen LogP contribution in [0.1, 0.15) is 18.2 Å². The minimum Gasteiger partial charge on any atom is -0.457 e. The largest absolute Gasteiger partial charge is 0.457 e. The van der Waals surface area contributed by atoms with Crippen molar-refractivity contribution in [2.45, 2.75) is 20.4 Å². The van der Waals surface area contributed by atoms with Crippen LogP contribution in [-0.2, 0) is 6.54 Å². The van der Waals surface area contributed by atoms with E-state index in [0.29, 0.717) is 18.0 Å². The van der Waals surface area contributed by atoms with Gasteiger partial charge in [0.05, 0.1) is 5.02 Å². The number of nitrogens with one attached hydrogen (secondary N) is 1. The summed E-state index contributed by atoms with van der Waals surface area (Å²) in [7, 11) is 0. The fourth-order valence-electron chi connectivity index (χ4n) is 1.72. The molecule has 20 heavy (non-hydrogen) atoms. The zero-order valence-corrected chi connectivity index (χ0v) is 12.2. The lowest BCUT2D eigenvalue weighted by Crippen LogP contribution is -2.12. The van der Waals surface area contributed by atoms with Crippen molar-refractivity contribution in [2.24, 2.45) is 0 Å². The van der Waals surface area contributed by atoms with Crippen molar-refractivity contribution >= 4 is 11.6 Å². The molecule has 0 unspecified atom stereocenters. The fraction of sp³-hybridized carbons (Fsp3) is 0.267. The highest BCUT2D eigenvalue weighted by atomic mass is 35.5. The second-order valence-corrected chi connectivity index (χ2v) is 4.80. The van der Waals surface area contributed by atoms with Crippen molar-refractivity contribution in [1.29, 1.82) is 0 Å². The first kappa shape index (κ1) is 14.8. The normalized spacial score (nSPS) is 10.6. The summed E-state index contributed by atoms with van der Waals surface area (Å²) in [6.45, 7) is 5.40. The maximum Gasteiger partial charge on any atom is 0.145 e. The summed E-state index contributed by atoms with van der Waals surface area (Å²) in [4.78, 5) is 4.25. The lowest BCUT2D eigenvalue weighted by Gasteiger charge is -2.12. The Morgan fingerprint density at radius 1 is 1.35 bits per heavy atom. The Labute approximate surface area is 122 Å².